The lowest BCUT2D eigenvalue weighted by Gasteiger charge is -2.38. The van der Waals surface area contributed by atoms with E-state index < -0.39 is 0 Å². The maximum atomic E-state index is 12.7. The SMILES string of the molecule is CCN(CC)C(=O)C1CCC(CCc2ccccc2NC(=O)C=Cc2ccccc2)N(C)C1. The number of hydrogen-bond acceptors (Lipinski definition) is 3. The van der Waals surface area contributed by atoms with Gasteiger partial charge in [-0.05, 0) is 69.8 Å². The maximum Gasteiger partial charge on any atom is 0.248 e. The monoisotopic (exact) mass is 447 g/mol. The van der Waals surface area contributed by atoms with Crippen LogP contribution in [-0.2, 0) is 16.0 Å². The molecule has 2 amide bonds. The summed E-state index contributed by atoms with van der Waals surface area (Å²) in [5, 5.41) is 3.04. The van der Waals surface area contributed by atoms with Crippen LogP contribution in [0.15, 0.2) is 60.7 Å². The third-order valence-corrected chi connectivity index (χ3v) is 6.65. The van der Waals surface area contributed by atoms with Crippen LogP contribution in [0.25, 0.3) is 6.08 Å². The number of nitrogens with zero attached hydrogens (tertiary/aromatic N) is 2. The minimum absolute atomic E-state index is 0.106. The number of likely N-dealkylation sites (tertiary alicyclic amines) is 1. The van der Waals surface area contributed by atoms with Gasteiger partial charge < -0.3 is 15.1 Å². The lowest BCUT2D eigenvalue weighted by molar-refractivity contribution is -0.137. The molecule has 1 saturated heterocycles. The van der Waals surface area contributed by atoms with Crippen LogP contribution in [-0.4, -0.2) is 54.3 Å². The zero-order chi connectivity index (χ0) is 23.6. The van der Waals surface area contributed by atoms with Gasteiger partial charge in [-0.2, -0.15) is 0 Å². The molecule has 5 heteroatoms. The van der Waals surface area contributed by atoms with E-state index in [1.54, 1.807) is 6.08 Å². The smallest absolute Gasteiger partial charge is 0.248 e. The highest BCUT2D eigenvalue weighted by molar-refractivity contribution is 6.02. The van der Waals surface area contributed by atoms with E-state index in [9.17, 15) is 9.59 Å². The third-order valence-electron chi connectivity index (χ3n) is 6.65. The minimum atomic E-state index is -0.126. The molecule has 0 aromatic heterocycles. The van der Waals surface area contributed by atoms with Crippen molar-refractivity contribution in [3.05, 3.63) is 71.8 Å². The number of para-hydroxylation sites is 1. The van der Waals surface area contributed by atoms with Gasteiger partial charge in [-0.15, -0.1) is 0 Å². The van der Waals surface area contributed by atoms with Gasteiger partial charge in [0.2, 0.25) is 11.8 Å². The zero-order valence-electron chi connectivity index (χ0n) is 20.2. The van der Waals surface area contributed by atoms with E-state index in [1.807, 2.05) is 73.4 Å². The highest BCUT2D eigenvalue weighted by Crippen LogP contribution is 2.27. The molecule has 1 aliphatic rings. The van der Waals surface area contributed by atoms with Gasteiger partial charge >= 0.3 is 0 Å². The number of benzene rings is 2. The Kier molecular flexibility index (Phi) is 9.25. The fourth-order valence-corrected chi connectivity index (χ4v) is 4.65. The molecule has 2 aromatic carbocycles. The third kappa shape index (κ3) is 7.03. The molecule has 2 aromatic rings. The number of carbonyl (C=O) groups is 2. The number of rotatable bonds is 9. The first-order valence-corrected chi connectivity index (χ1v) is 12.1. The standard InChI is InChI=1S/C28H37N3O2/c1-4-31(5-2)28(33)24-17-19-25(30(3)21-24)18-16-23-13-9-10-14-26(23)29-27(32)20-15-22-11-7-6-8-12-22/h6-15,20,24-25H,4-5,16-19,21H2,1-3H3,(H,29,32). The molecule has 1 heterocycles. The summed E-state index contributed by atoms with van der Waals surface area (Å²) < 4.78 is 0. The average molecular weight is 448 g/mol. The Morgan fingerprint density at radius 1 is 1.03 bits per heavy atom. The van der Waals surface area contributed by atoms with Crippen LogP contribution in [0, 0.1) is 5.92 Å². The van der Waals surface area contributed by atoms with Gasteiger partial charge in [-0.1, -0.05) is 48.5 Å². The molecule has 1 aliphatic heterocycles. The summed E-state index contributed by atoms with van der Waals surface area (Å²) in [5.74, 6) is 0.273. The second kappa shape index (κ2) is 12.4. The van der Waals surface area contributed by atoms with Crippen LogP contribution in [0.4, 0.5) is 5.69 Å². The Bertz CT molecular complexity index is 937. The summed E-state index contributed by atoms with van der Waals surface area (Å²) in [5.41, 5.74) is 3.01. The summed E-state index contributed by atoms with van der Waals surface area (Å²) in [4.78, 5) is 29.5. The Morgan fingerprint density at radius 2 is 1.73 bits per heavy atom. The summed E-state index contributed by atoms with van der Waals surface area (Å²) in [6.07, 6.45) is 7.28. The molecule has 1 N–H and O–H groups in total. The van der Waals surface area contributed by atoms with Crippen LogP contribution >= 0.6 is 0 Å². The molecule has 0 radical (unpaired) electrons. The van der Waals surface area contributed by atoms with E-state index in [1.165, 1.54) is 0 Å². The molecule has 3 rings (SSSR count). The number of aryl methyl sites for hydroxylation is 1. The summed E-state index contributed by atoms with van der Waals surface area (Å²) in [7, 11) is 2.13. The number of amides is 2. The molecule has 0 spiro atoms. The second-order valence-corrected chi connectivity index (χ2v) is 8.81. The molecule has 1 fully saturated rings. The van der Waals surface area contributed by atoms with Crippen LogP contribution in [0.3, 0.4) is 0 Å². The molecule has 0 aliphatic carbocycles. The van der Waals surface area contributed by atoms with Crippen molar-refractivity contribution in [3.8, 4) is 0 Å². The number of hydrogen-bond donors (Lipinski definition) is 1. The predicted molar refractivity (Wildman–Crippen MR) is 136 cm³/mol. The highest BCUT2D eigenvalue weighted by Gasteiger charge is 2.31. The first kappa shape index (κ1) is 24.7. The highest BCUT2D eigenvalue weighted by atomic mass is 16.2. The Labute approximate surface area is 198 Å². The van der Waals surface area contributed by atoms with Crippen molar-refractivity contribution in [2.75, 3.05) is 32.0 Å². The number of nitrogens with one attached hydrogen (secondary N) is 1. The van der Waals surface area contributed by atoms with E-state index >= 15 is 0 Å². The van der Waals surface area contributed by atoms with Crippen molar-refractivity contribution >= 4 is 23.6 Å². The van der Waals surface area contributed by atoms with Crippen LogP contribution in [0.1, 0.15) is 44.2 Å². The fourth-order valence-electron chi connectivity index (χ4n) is 4.65. The van der Waals surface area contributed by atoms with E-state index in [0.717, 1.165) is 62.1 Å². The van der Waals surface area contributed by atoms with Crippen LogP contribution in [0.2, 0.25) is 0 Å². The number of carbonyl (C=O) groups excluding carboxylic acids is 2. The Morgan fingerprint density at radius 3 is 2.42 bits per heavy atom. The molecular formula is C28H37N3O2. The summed E-state index contributed by atoms with van der Waals surface area (Å²) in [6, 6.07) is 18.3. The van der Waals surface area contributed by atoms with Gasteiger partial charge in [0.15, 0.2) is 0 Å². The van der Waals surface area contributed by atoms with Crippen molar-refractivity contribution in [2.45, 2.75) is 45.6 Å². The molecular weight excluding hydrogens is 410 g/mol. The largest absolute Gasteiger partial charge is 0.343 e. The van der Waals surface area contributed by atoms with Crippen LogP contribution in [0.5, 0.6) is 0 Å². The first-order valence-electron chi connectivity index (χ1n) is 12.1. The minimum Gasteiger partial charge on any atom is -0.343 e. The summed E-state index contributed by atoms with van der Waals surface area (Å²) in [6.45, 7) is 6.47. The Balaban J connectivity index is 1.54. The van der Waals surface area contributed by atoms with Crippen LogP contribution < -0.4 is 5.32 Å². The topological polar surface area (TPSA) is 52.7 Å². The fraction of sp³-hybridized carbons (Fsp3) is 0.429. The lowest BCUT2D eigenvalue weighted by atomic mass is 9.89. The first-order chi connectivity index (χ1) is 16.0. The van der Waals surface area contributed by atoms with Gasteiger partial charge in [-0.3, -0.25) is 9.59 Å². The van der Waals surface area contributed by atoms with Crippen molar-refractivity contribution in [2.24, 2.45) is 5.92 Å². The predicted octanol–water partition coefficient (Wildman–Crippen LogP) is 4.85. The van der Waals surface area contributed by atoms with Gasteiger partial charge in [-0.25, -0.2) is 0 Å². The lowest BCUT2D eigenvalue weighted by Crippen LogP contribution is -2.47. The van der Waals surface area contributed by atoms with Crippen molar-refractivity contribution in [1.82, 2.24) is 9.80 Å². The molecule has 0 bridgehead atoms. The van der Waals surface area contributed by atoms with Gasteiger partial charge in [0.25, 0.3) is 0 Å². The normalized spacial score (nSPS) is 18.9. The maximum absolute atomic E-state index is 12.7. The van der Waals surface area contributed by atoms with Crippen molar-refractivity contribution in [3.63, 3.8) is 0 Å². The Hall–Kier alpha value is -2.92. The molecule has 176 valence electrons. The molecule has 0 saturated carbocycles. The average Bonchev–Trinajstić information content (AvgIpc) is 2.84. The van der Waals surface area contributed by atoms with E-state index in [-0.39, 0.29) is 11.8 Å². The molecule has 5 nitrogen and oxygen atoms in total. The second-order valence-electron chi connectivity index (χ2n) is 8.81. The zero-order valence-corrected chi connectivity index (χ0v) is 20.2. The van der Waals surface area contributed by atoms with Gasteiger partial charge in [0.05, 0.1) is 5.92 Å². The quantitative estimate of drug-likeness (QED) is 0.559. The van der Waals surface area contributed by atoms with E-state index in [4.69, 9.17) is 0 Å². The molecule has 2 atom stereocenters. The molecule has 33 heavy (non-hydrogen) atoms. The number of anilines is 1. The molecule has 2 unspecified atom stereocenters. The number of piperidine rings is 1. The van der Waals surface area contributed by atoms with Crippen molar-refractivity contribution in [1.29, 1.82) is 0 Å². The van der Waals surface area contributed by atoms with Crippen molar-refractivity contribution < 1.29 is 9.59 Å². The van der Waals surface area contributed by atoms with Gasteiger partial charge in [0.1, 0.15) is 0 Å². The summed E-state index contributed by atoms with van der Waals surface area (Å²) >= 11 is 0. The van der Waals surface area contributed by atoms with E-state index in [0.29, 0.717) is 11.9 Å². The van der Waals surface area contributed by atoms with E-state index in [2.05, 4.69) is 23.3 Å². The van der Waals surface area contributed by atoms with Gasteiger partial charge in [0, 0.05) is 37.4 Å².